The molecule has 0 unspecified atom stereocenters. The molecule has 0 atom stereocenters. The van der Waals surface area contributed by atoms with Gasteiger partial charge in [-0.2, -0.15) is 0 Å². The van der Waals surface area contributed by atoms with Crippen LogP contribution in [0.3, 0.4) is 0 Å². The van der Waals surface area contributed by atoms with Gasteiger partial charge in [0.05, 0.1) is 27.7 Å². The quantitative estimate of drug-likeness (QED) is 0.670. The molecule has 3 aromatic rings. The Bertz CT molecular complexity index is 804. The number of hydrogen-bond acceptors (Lipinski definition) is 2. The average molecular weight is 335 g/mol. The summed E-state index contributed by atoms with van der Waals surface area (Å²) < 4.78 is 5.59. The van der Waals surface area contributed by atoms with E-state index < -0.39 is 0 Å². The Hall–Kier alpha value is -1.71. The Morgan fingerprint density at radius 3 is 2.55 bits per heavy atom. The summed E-state index contributed by atoms with van der Waals surface area (Å²) in [5.74, 6) is 1.27. The largest absolute Gasteiger partial charge is 0.490 e. The van der Waals surface area contributed by atoms with E-state index in [-0.39, 0.29) is 0 Å². The molecule has 22 heavy (non-hydrogen) atoms. The molecule has 114 valence electrons. The molecule has 0 radical (unpaired) electrons. The van der Waals surface area contributed by atoms with Gasteiger partial charge in [-0.1, -0.05) is 36.2 Å². The zero-order valence-electron chi connectivity index (χ0n) is 12.4. The fourth-order valence-corrected chi connectivity index (χ4v) is 2.89. The van der Waals surface area contributed by atoms with E-state index in [4.69, 9.17) is 27.9 Å². The van der Waals surface area contributed by atoms with Crippen molar-refractivity contribution in [1.29, 1.82) is 0 Å². The summed E-state index contributed by atoms with van der Waals surface area (Å²) in [5, 5.41) is 0.986. The molecule has 0 aliphatic rings. The van der Waals surface area contributed by atoms with E-state index in [9.17, 15) is 0 Å². The number of aromatic nitrogens is 2. The smallest absolute Gasteiger partial charge is 0.156 e. The van der Waals surface area contributed by atoms with Crippen molar-refractivity contribution in [3.63, 3.8) is 0 Å². The van der Waals surface area contributed by atoms with Crippen LogP contribution >= 0.6 is 23.2 Å². The number of aryl methyl sites for hydroxylation is 1. The molecule has 1 heterocycles. The standard InChI is InChI=1S/C17H16Cl2N2O/c1-3-6-22-16-12(18)8-11(9-13(16)19)17-20-14-5-4-10(2)7-15(14)21-17/h4-5,7-9H,3,6H2,1-2H3,(H,20,21). The molecule has 3 nitrogen and oxygen atoms in total. The number of rotatable bonds is 4. The maximum atomic E-state index is 6.29. The molecule has 0 amide bonds. The van der Waals surface area contributed by atoms with Gasteiger partial charge in [0.2, 0.25) is 0 Å². The number of fused-ring (bicyclic) bond motifs is 1. The molecular formula is C17H16Cl2N2O. The number of nitrogens with zero attached hydrogens (tertiary/aromatic N) is 1. The fraction of sp³-hybridized carbons (Fsp3) is 0.235. The number of imidazole rings is 1. The minimum absolute atomic E-state index is 0.493. The summed E-state index contributed by atoms with van der Waals surface area (Å²) in [5.41, 5.74) is 3.93. The van der Waals surface area contributed by atoms with Crippen molar-refractivity contribution >= 4 is 34.2 Å². The first-order valence-electron chi connectivity index (χ1n) is 7.17. The number of aromatic amines is 1. The third kappa shape index (κ3) is 2.92. The fourth-order valence-electron chi connectivity index (χ4n) is 2.30. The van der Waals surface area contributed by atoms with Crippen LogP contribution in [0.1, 0.15) is 18.9 Å². The zero-order valence-corrected chi connectivity index (χ0v) is 13.9. The molecule has 0 aliphatic heterocycles. The van der Waals surface area contributed by atoms with Crippen molar-refractivity contribution < 1.29 is 4.74 Å². The summed E-state index contributed by atoms with van der Waals surface area (Å²) in [6.45, 7) is 4.67. The lowest BCUT2D eigenvalue weighted by molar-refractivity contribution is 0.318. The maximum absolute atomic E-state index is 6.29. The maximum Gasteiger partial charge on any atom is 0.156 e. The topological polar surface area (TPSA) is 37.9 Å². The van der Waals surface area contributed by atoms with Crippen molar-refractivity contribution in [2.45, 2.75) is 20.3 Å². The highest BCUT2D eigenvalue weighted by Gasteiger charge is 2.13. The van der Waals surface area contributed by atoms with E-state index in [2.05, 4.69) is 16.0 Å². The molecule has 0 fully saturated rings. The minimum atomic E-state index is 0.493. The van der Waals surface area contributed by atoms with Crippen LogP contribution in [0.5, 0.6) is 5.75 Å². The molecule has 1 aromatic heterocycles. The van der Waals surface area contributed by atoms with Crippen LogP contribution in [0.25, 0.3) is 22.4 Å². The van der Waals surface area contributed by atoms with Crippen LogP contribution in [-0.4, -0.2) is 16.6 Å². The van der Waals surface area contributed by atoms with Crippen LogP contribution in [0.4, 0.5) is 0 Å². The molecule has 0 saturated heterocycles. The van der Waals surface area contributed by atoms with Crippen molar-refractivity contribution in [3.05, 3.63) is 45.9 Å². The van der Waals surface area contributed by atoms with Crippen LogP contribution < -0.4 is 4.74 Å². The summed E-state index contributed by atoms with van der Waals surface area (Å²) in [6, 6.07) is 9.74. The van der Waals surface area contributed by atoms with E-state index in [0.717, 1.165) is 28.8 Å². The lowest BCUT2D eigenvalue weighted by Crippen LogP contribution is -1.97. The predicted octanol–water partition coefficient (Wildman–Crippen LogP) is 5.63. The van der Waals surface area contributed by atoms with E-state index in [1.165, 1.54) is 5.56 Å². The van der Waals surface area contributed by atoms with Gasteiger partial charge in [-0.3, -0.25) is 0 Å². The third-order valence-electron chi connectivity index (χ3n) is 3.36. The van der Waals surface area contributed by atoms with E-state index in [1.807, 2.05) is 38.1 Å². The second-order valence-corrected chi connectivity index (χ2v) is 6.04. The second-order valence-electron chi connectivity index (χ2n) is 5.22. The number of H-pyrrole nitrogens is 1. The van der Waals surface area contributed by atoms with Gasteiger partial charge >= 0.3 is 0 Å². The Morgan fingerprint density at radius 2 is 1.86 bits per heavy atom. The first kappa shape index (κ1) is 15.2. The molecule has 3 rings (SSSR count). The van der Waals surface area contributed by atoms with Crippen LogP contribution in [0, 0.1) is 6.92 Å². The van der Waals surface area contributed by atoms with Crippen LogP contribution in [0.15, 0.2) is 30.3 Å². The average Bonchev–Trinajstić information content (AvgIpc) is 2.89. The van der Waals surface area contributed by atoms with Gasteiger partial charge in [0, 0.05) is 5.56 Å². The van der Waals surface area contributed by atoms with E-state index in [0.29, 0.717) is 22.4 Å². The summed E-state index contributed by atoms with van der Waals surface area (Å²) in [4.78, 5) is 7.89. The van der Waals surface area contributed by atoms with Gasteiger partial charge in [0.1, 0.15) is 5.82 Å². The summed E-state index contributed by atoms with van der Waals surface area (Å²) >= 11 is 12.6. The highest BCUT2D eigenvalue weighted by atomic mass is 35.5. The minimum Gasteiger partial charge on any atom is -0.490 e. The van der Waals surface area contributed by atoms with Crippen molar-refractivity contribution in [2.24, 2.45) is 0 Å². The SMILES string of the molecule is CCCOc1c(Cl)cc(-c2nc3ccc(C)cc3[nH]2)cc1Cl. The molecule has 5 heteroatoms. The van der Waals surface area contributed by atoms with Gasteiger partial charge in [-0.15, -0.1) is 0 Å². The second kappa shape index (κ2) is 6.19. The normalized spacial score (nSPS) is 11.1. The number of benzene rings is 2. The summed E-state index contributed by atoms with van der Waals surface area (Å²) in [6.07, 6.45) is 0.900. The molecule has 0 bridgehead atoms. The monoisotopic (exact) mass is 334 g/mol. The van der Waals surface area contributed by atoms with Gasteiger partial charge < -0.3 is 9.72 Å². The highest BCUT2D eigenvalue weighted by molar-refractivity contribution is 6.37. The molecule has 2 aromatic carbocycles. The lowest BCUT2D eigenvalue weighted by Gasteiger charge is -2.10. The van der Waals surface area contributed by atoms with E-state index in [1.54, 1.807) is 0 Å². The van der Waals surface area contributed by atoms with Crippen molar-refractivity contribution in [2.75, 3.05) is 6.61 Å². The number of hydrogen-bond donors (Lipinski definition) is 1. The number of ether oxygens (including phenoxy) is 1. The van der Waals surface area contributed by atoms with Crippen LogP contribution in [0.2, 0.25) is 10.0 Å². The lowest BCUT2D eigenvalue weighted by atomic mass is 10.2. The van der Waals surface area contributed by atoms with Gasteiger partial charge in [-0.25, -0.2) is 4.98 Å². The molecule has 0 spiro atoms. The number of nitrogens with one attached hydrogen (secondary N) is 1. The first-order valence-corrected chi connectivity index (χ1v) is 7.92. The Balaban J connectivity index is 2.03. The van der Waals surface area contributed by atoms with Crippen LogP contribution in [-0.2, 0) is 0 Å². The third-order valence-corrected chi connectivity index (χ3v) is 3.92. The predicted molar refractivity (Wildman–Crippen MR) is 92.1 cm³/mol. The van der Waals surface area contributed by atoms with Gasteiger partial charge in [0.25, 0.3) is 0 Å². The molecule has 1 N–H and O–H groups in total. The molecular weight excluding hydrogens is 319 g/mol. The summed E-state index contributed by atoms with van der Waals surface area (Å²) in [7, 11) is 0. The van der Waals surface area contributed by atoms with Crippen molar-refractivity contribution in [3.8, 4) is 17.1 Å². The molecule has 0 aliphatic carbocycles. The highest BCUT2D eigenvalue weighted by Crippen LogP contribution is 2.37. The molecule has 0 saturated carbocycles. The Kier molecular flexibility index (Phi) is 4.27. The Morgan fingerprint density at radius 1 is 1.14 bits per heavy atom. The number of halogens is 2. The van der Waals surface area contributed by atoms with Crippen molar-refractivity contribution in [1.82, 2.24) is 9.97 Å². The van der Waals surface area contributed by atoms with Gasteiger partial charge in [0.15, 0.2) is 5.75 Å². The van der Waals surface area contributed by atoms with E-state index >= 15 is 0 Å². The first-order chi connectivity index (χ1) is 10.6. The Labute approximate surface area is 139 Å². The van der Waals surface area contributed by atoms with Gasteiger partial charge in [-0.05, 0) is 43.2 Å². The zero-order chi connectivity index (χ0) is 15.7.